The molecule has 2 heterocycles. The summed E-state index contributed by atoms with van der Waals surface area (Å²) in [5, 5.41) is 4.85. The van der Waals surface area contributed by atoms with E-state index in [4.69, 9.17) is 16.3 Å². The number of hydrogen-bond donors (Lipinski definition) is 0. The van der Waals surface area contributed by atoms with Gasteiger partial charge in [0, 0.05) is 31.2 Å². The van der Waals surface area contributed by atoms with E-state index < -0.39 is 10.0 Å². The quantitative estimate of drug-likeness (QED) is 0.708. The van der Waals surface area contributed by atoms with E-state index in [0.29, 0.717) is 42.6 Å². The van der Waals surface area contributed by atoms with Crippen molar-refractivity contribution in [1.29, 1.82) is 0 Å². The van der Waals surface area contributed by atoms with Crippen LogP contribution in [-0.4, -0.2) is 61.0 Å². The Morgan fingerprint density at radius 1 is 1.17 bits per heavy atom. The van der Waals surface area contributed by atoms with Crippen molar-refractivity contribution in [3.05, 3.63) is 45.8 Å². The van der Waals surface area contributed by atoms with E-state index in [1.54, 1.807) is 30.5 Å². The molecule has 8 nitrogen and oxygen atoms in total. The molecule has 1 saturated heterocycles. The van der Waals surface area contributed by atoms with Gasteiger partial charge in [-0.2, -0.15) is 14.1 Å². The number of nitrogens with zero attached hydrogens (tertiary/aromatic N) is 4. The van der Waals surface area contributed by atoms with Crippen LogP contribution in [0.25, 0.3) is 5.69 Å². The summed E-state index contributed by atoms with van der Waals surface area (Å²) in [5.41, 5.74) is 0.824. The predicted octanol–water partition coefficient (Wildman–Crippen LogP) is 1.90. The third-order valence-corrected chi connectivity index (χ3v) is 6.89. The molecule has 10 heteroatoms. The first-order valence-corrected chi connectivity index (χ1v) is 11.8. The van der Waals surface area contributed by atoms with Crippen molar-refractivity contribution in [2.75, 3.05) is 37.3 Å². The highest BCUT2D eigenvalue weighted by Gasteiger charge is 2.29. The van der Waals surface area contributed by atoms with Crippen LogP contribution >= 0.6 is 11.6 Å². The Morgan fingerprint density at radius 3 is 2.48 bits per heavy atom. The van der Waals surface area contributed by atoms with Crippen LogP contribution in [0.5, 0.6) is 5.75 Å². The molecule has 0 bridgehead atoms. The van der Waals surface area contributed by atoms with Gasteiger partial charge in [0.15, 0.2) is 0 Å². The van der Waals surface area contributed by atoms with Crippen LogP contribution in [0.2, 0.25) is 5.02 Å². The summed E-state index contributed by atoms with van der Waals surface area (Å²) in [6.45, 7) is 1.66. The highest BCUT2D eigenvalue weighted by molar-refractivity contribution is 7.88. The Kier molecular flexibility index (Phi) is 5.54. The minimum absolute atomic E-state index is 0.0222. The number of sulfonamides is 1. The first kappa shape index (κ1) is 20.2. The number of hydrogen-bond acceptors (Lipinski definition) is 6. The average Bonchev–Trinajstić information content (AvgIpc) is 2.65. The molecule has 0 amide bonds. The fraction of sp³-hybridized carbons (Fsp3) is 0.474. The Bertz CT molecular complexity index is 1060. The van der Waals surface area contributed by atoms with Gasteiger partial charge in [0.05, 0.1) is 24.2 Å². The summed E-state index contributed by atoms with van der Waals surface area (Å²) < 4.78 is 32.4. The number of aromatic nitrogens is 2. The number of rotatable bonds is 5. The van der Waals surface area contributed by atoms with E-state index in [-0.39, 0.29) is 17.4 Å². The van der Waals surface area contributed by atoms with E-state index in [1.165, 1.54) is 15.2 Å². The van der Waals surface area contributed by atoms with Crippen LogP contribution in [-0.2, 0) is 10.0 Å². The fourth-order valence-electron chi connectivity index (χ4n) is 3.47. The molecule has 0 N–H and O–H groups in total. The van der Waals surface area contributed by atoms with Crippen LogP contribution in [0.4, 0.5) is 5.69 Å². The van der Waals surface area contributed by atoms with Crippen molar-refractivity contribution in [3.63, 3.8) is 0 Å². The Labute approximate surface area is 174 Å². The maximum Gasteiger partial charge on any atom is 0.316 e. The zero-order valence-electron chi connectivity index (χ0n) is 16.1. The summed E-state index contributed by atoms with van der Waals surface area (Å²) in [5.74, 6) is 0.262. The lowest BCUT2D eigenvalue weighted by Gasteiger charge is -2.36. The maximum atomic E-state index is 13.2. The Hall–Kier alpha value is -2.10. The lowest BCUT2D eigenvalue weighted by atomic mass is 9.96. The maximum absolute atomic E-state index is 13.2. The van der Waals surface area contributed by atoms with Crippen molar-refractivity contribution in [2.24, 2.45) is 0 Å². The zero-order valence-corrected chi connectivity index (χ0v) is 17.7. The summed E-state index contributed by atoms with van der Waals surface area (Å²) in [6, 6.07) is 6.93. The molecular weight excluding hydrogens is 416 g/mol. The van der Waals surface area contributed by atoms with Gasteiger partial charge in [0.1, 0.15) is 5.69 Å². The minimum atomic E-state index is -3.23. The second kappa shape index (κ2) is 7.97. The first-order valence-electron chi connectivity index (χ1n) is 9.58. The third-order valence-electron chi connectivity index (χ3n) is 5.35. The molecule has 0 radical (unpaired) electrons. The second-order valence-corrected chi connectivity index (χ2v) is 9.79. The van der Waals surface area contributed by atoms with Crippen molar-refractivity contribution in [2.45, 2.75) is 25.4 Å². The Balaban J connectivity index is 1.68. The molecule has 0 spiro atoms. The van der Waals surface area contributed by atoms with Gasteiger partial charge in [-0.1, -0.05) is 17.7 Å². The summed E-state index contributed by atoms with van der Waals surface area (Å²) in [7, 11) is -3.23. The molecule has 0 unspecified atom stereocenters. The van der Waals surface area contributed by atoms with Crippen LogP contribution in [0.3, 0.4) is 0 Å². The number of halogens is 1. The molecule has 2 fully saturated rings. The van der Waals surface area contributed by atoms with E-state index in [0.717, 1.165) is 19.3 Å². The lowest BCUT2D eigenvalue weighted by molar-refractivity contribution is 0.118. The van der Waals surface area contributed by atoms with Crippen LogP contribution < -0.4 is 15.2 Å². The Morgan fingerprint density at radius 2 is 1.90 bits per heavy atom. The highest BCUT2D eigenvalue weighted by Crippen LogP contribution is 2.31. The van der Waals surface area contributed by atoms with E-state index in [2.05, 4.69) is 5.10 Å². The second-order valence-electron chi connectivity index (χ2n) is 7.38. The number of anilines is 1. The van der Waals surface area contributed by atoms with Gasteiger partial charge < -0.3 is 9.64 Å². The molecule has 2 aromatic rings. The van der Waals surface area contributed by atoms with Gasteiger partial charge in [-0.15, -0.1) is 0 Å². The minimum Gasteiger partial charge on any atom is -0.483 e. The molecule has 4 rings (SSSR count). The van der Waals surface area contributed by atoms with Gasteiger partial charge in [-0.05, 0) is 37.5 Å². The number of ether oxygens (including phenoxy) is 1. The van der Waals surface area contributed by atoms with Crippen molar-refractivity contribution < 1.29 is 13.2 Å². The lowest BCUT2D eigenvalue weighted by Crippen LogP contribution is -2.49. The van der Waals surface area contributed by atoms with Gasteiger partial charge in [-0.3, -0.25) is 4.79 Å². The van der Waals surface area contributed by atoms with Crippen molar-refractivity contribution in [1.82, 2.24) is 14.1 Å². The summed E-state index contributed by atoms with van der Waals surface area (Å²) >= 11 is 6.07. The number of piperazine rings is 1. The smallest absolute Gasteiger partial charge is 0.316 e. The first-order chi connectivity index (χ1) is 13.8. The van der Waals surface area contributed by atoms with Crippen LogP contribution in [0.15, 0.2) is 35.3 Å². The van der Waals surface area contributed by atoms with Gasteiger partial charge >= 0.3 is 5.56 Å². The number of benzene rings is 1. The van der Waals surface area contributed by atoms with Crippen molar-refractivity contribution >= 4 is 27.3 Å². The highest BCUT2D eigenvalue weighted by atomic mass is 35.5. The summed E-state index contributed by atoms with van der Waals surface area (Å²) in [4.78, 5) is 15.2. The third kappa shape index (κ3) is 4.26. The van der Waals surface area contributed by atoms with Crippen molar-refractivity contribution in [3.8, 4) is 11.4 Å². The molecule has 1 saturated carbocycles. The van der Waals surface area contributed by atoms with Gasteiger partial charge in [0.2, 0.25) is 15.8 Å². The van der Waals surface area contributed by atoms with E-state index in [1.807, 2.05) is 4.90 Å². The zero-order chi connectivity index (χ0) is 20.6. The fourth-order valence-corrected chi connectivity index (χ4v) is 4.48. The predicted molar refractivity (Wildman–Crippen MR) is 112 cm³/mol. The van der Waals surface area contributed by atoms with E-state index >= 15 is 0 Å². The normalized spacial score (nSPS) is 18.5. The molecule has 1 aromatic carbocycles. The topological polar surface area (TPSA) is 84.7 Å². The molecular formula is C19H23ClN4O4S. The van der Waals surface area contributed by atoms with Crippen LogP contribution in [0, 0.1) is 0 Å². The van der Waals surface area contributed by atoms with E-state index in [9.17, 15) is 13.2 Å². The summed E-state index contributed by atoms with van der Waals surface area (Å²) in [6.07, 6.45) is 5.77. The molecule has 29 heavy (non-hydrogen) atoms. The monoisotopic (exact) mass is 438 g/mol. The van der Waals surface area contributed by atoms with Gasteiger partial charge in [0.25, 0.3) is 0 Å². The molecule has 1 aromatic heterocycles. The molecule has 156 valence electrons. The molecule has 0 atom stereocenters. The molecule has 2 aliphatic rings. The van der Waals surface area contributed by atoms with Gasteiger partial charge in [-0.25, -0.2) is 8.42 Å². The molecule has 1 aliphatic carbocycles. The standard InChI is InChI=1S/C19H23ClN4O4S/c1-29(26,27)23-10-8-22(9-11-23)17-13-21-24(15-5-2-4-14(20)12-15)19(25)18(17)28-16-6-3-7-16/h2,4-5,12-13,16H,3,6-11H2,1H3. The largest absolute Gasteiger partial charge is 0.483 e. The molecule has 1 aliphatic heterocycles. The average molecular weight is 439 g/mol. The SMILES string of the molecule is CS(=O)(=O)N1CCN(c2cnn(-c3cccc(Cl)c3)c(=O)c2OC2CCC2)CC1. The van der Waals surface area contributed by atoms with Crippen LogP contribution in [0.1, 0.15) is 19.3 Å².